The van der Waals surface area contributed by atoms with Crippen molar-refractivity contribution in [1.82, 2.24) is 5.32 Å². The van der Waals surface area contributed by atoms with Crippen LogP contribution in [0.2, 0.25) is 0 Å². The van der Waals surface area contributed by atoms with E-state index in [1.807, 2.05) is 18.8 Å². The van der Waals surface area contributed by atoms with Gasteiger partial charge in [0.05, 0.1) is 13.5 Å². The van der Waals surface area contributed by atoms with Crippen molar-refractivity contribution in [1.29, 1.82) is 0 Å². The summed E-state index contributed by atoms with van der Waals surface area (Å²) in [7, 11) is 3.44. The highest BCUT2D eigenvalue weighted by atomic mass is 79.9. The van der Waals surface area contributed by atoms with Crippen LogP contribution in [-0.2, 0) is 9.53 Å². The number of thioether (sulfide) groups is 1. The third kappa shape index (κ3) is 4.47. The zero-order chi connectivity index (χ0) is 15.5. The van der Waals surface area contributed by atoms with Gasteiger partial charge in [0.1, 0.15) is 0 Å². The Morgan fingerprint density at radius 3 is 2.81 bits per heavy atom. The Hall–Kier alpha value is -0.520. The first-order valence-electron chi connectivity index (χ1n) is 7.16. The van der Waals surface area contributed by atoms with Gasteiger partial charge >= 0.3 is 5.97 Å². The number of carbonyl (C=O) groups is 1. The smallest absolute Gasteiger partial charge is 0.306 e. The van der Waals surface area contributed by atoms with Crippen LogP contribution in [0.25, 0.3) is 0 Å². The van der Waals surface area contributed by atoms with Crippen molar-refractivity contribution < 1.29 is 9.53 Å². The van der Waals surface area contributed by atoms with Gasteiger partial charge in [-0.05, 0) is 56.0 Å². The molecule has 1 aromatic rings. The number of hydrogen-bond donors (Lipinski definition) is 1. The molecule has 1 unspecified atom stereocenters. The van der Waals surface area contributed by atoms with Crippen LogP contribution in [0.3, 0.4) is 0 Å². The molecule has 1 saturated carbocycles. The average molecular weight is 372 g/mol. The molecule has 1 fully saturated rings. The van der Waals surface area contributed by atoms with E-state index in [0.29, 0.717) is 12.5 Å². The Labute approximate surface area is 139 Å². The topological polar surface area (TPSA) is 38.3 Å². The normalized spacial score (nSPS) is 17.3. The number of methoxy groups -OCH3 is 1. The number of halogens is 1. The van der Waals surface area contributed by atoms with E-state index in [1.165, 1.54) is 17.6 Å². The molecule has 2 rings (SSSR count). The summed E-state index contributed by atoms with van der Waals surface area (Å²) >= 11 is 5.39. The fraction of sp³-hybridized carbons (Fsp3) is 0.562. The number of rotatable bonds is 7. The van der Waals surface area contributed by atoms with Gasteiger partial charge in [-0.3, -0.25) is 4.79 Å². The highest BCUT2D eigenvalue weighted by Gasteiger charge is 2.44. The Balaban J connectivity index is 2.05. The summed E-state index contributed by atoms with van der Waals surface area (Å²) in [6, 6.07) is 6.71. The Bertz CT molecular complexity index is 517. The lowest BCUT2D eigenvalue weighted by atomic mass is 10.1. The molecule has 0 radical (unpaired) electrons. The van der Waals surface area contributed by atoms with Crippen LogP contribution in [0.4, 0.5) is 0 Å². The molecule has 1 aliphatic carbocycles. The monoisotopic (exact) mass is 371 g/mol. The van der Waals surface area contributed by atoms with E-state index in [-0.39, 0.29) is 11.4 Å². The van der Waals surface area contributed by atoms with Gasteiger partial charge in [-0.2, -0.15) is 0 Å². The lowest BCUT2D eigenvalue weighted by Crippen LogP contribution is -2.15. The van der Waals surface area contributed by atoms with E-state index in [4.69, 9.17) is 4.74 Å². The molecule has 5 heteroatoms. The number of benzene rings is 1. The number of nitrogens with one attached hydrogen (secondary N) is 1. The second-order valence-electron chi connectivity index (χ2n) is 5.73. The molecule has 0 bridgehead atoms. The molecular formula is C16H22BrNO2S. The van der Waals surface area contributed by atoms with Crippen LogP contribution >= 0.6 is 27.7 Å². The van der Waals surface area contributed by atoms with E-state index in [2.05, 4.69) is 46.4 Å². The van der Waals surface area contributed by atoms with Gasteiger partial charge < -0.3 is 10.1 Å². The fourth-order valence-electron chi connectivity index (χ4n) is 2.30. The van der Waals surface area contributed by atoms with Crippen LogP contribution in [0, 0.1) is 5.41 Å². The fourth-order valence-corrected chi connectivity index (χ4v) is 4.10. The maximum atomic E-state index is 11.5. The highest BCUT2D eigenvalue weighted by molar-refractivity contribution is 9.10. The molecule has 0 heterocycles. The summed E-state index contributed by atoms with van der Waals surface area (Å²) in [5.74, 6) is 0.889. The van der Waals surface area contributed by atoms with Gasteiger partial charge in [-0.15, -0.1) is 11.8 Å². The average Bonchev–Trinajstić information content (AvgIpc) is 3.24. The third-order valence-electron chi connectivity index (χ3n) is 4.11. The molecule has 0 aromatic heterocycles. The van der Waals surface area contributed by atoms with Crippen LogP contribution in [0.5, 0.6) is 0 Å². The van der Waals surface area contributed by atoms with Crippen molar-refractivity contribution in [3.63, 3.8) is 0 Å². The van der Waals surface area contributed by atoms with E-state index in [1.54, 1.807) is 0 Å². The number of carbonyl (C=O) groups excluding carboxylic acids is 1. The molecule has 1 atom stereocenters. The first kappa shape index (κ1) is 16.8. The molecule has 0 spiro atoms. The predicted molar refractivity (Wildman–Crippen MR) is 90.6 cm³/mol. The van der Waals surface area contributed by atoms with Gasteiger partial charge in [0, 0.05) is 21.2 Å². The van der Waals surface area contributed by atoms with Crippen molar-refractivity contribution in [2.45, 2.75) is 37.1 Å². The number of ether oxygens (including phenoxy) is 1. The van der Waals surface area contributed by atoms with Gasteiger partial charge in [0.2, 0.25) is 0 Å². The molecule has 116 valence electrons. The maximum Gasteiger partial charge on any atom is 0.306 e. The number of hydrogen-bond acceptors (Lipinski definition) is 4. The van der Waals surface area contributed by atoms with E-state index in [9.17, 15) is 4.79 Å². The minimum absolute atomic E-state index is 0.0901. The SMILES string of the molecule is CNC(C)c1cc(Br)ccc1SCC1(CC(=O)OC)CC1. The Kier molecular flexibility index (Phi) is 5.74. The molecule has 1 N–H and O–H groups in total. The second kappa shape index (κ2) is 7.16. The van der Waals surface area contributed by atoms with Gasteiger partial charge in [0.15, 0.2) is 0 Å². The largest absolute Gasteiger partial charge is 0.469 e. The summed E-state index contributed by atoms with van der Waals surface area (Å²) in [4.78, 5) is 12.8. The molecule has 0 amide bonds. The first-order valence-corrected chi connectivity index (χ1v) is 8.94. The molecule has 0 saturated heterocycles. The number of esters is 1. The summed E-state index contributed by atoms with van der Waals surface area (Å²) < 4.78 is 5.91. The van der Waals surface area contributed by atoms with Gasteiger partial charge in [-0.25, -0.2) is 0 Å². The van der Waals surface area contributed by atoms with Crippen LogP contribution < -0.4 is 5.32 Å². The van der Waals surface area contributed by atoms with Gasteiger partial charge in [-0.1, -0.05) is 15.9 Å². The van der Waals surface area contributed by atoms with Crippen LogP contribution in [-0.4, -0.2) is 25.9 Å². The lowest BCUT2D eigenvalue weighted by Gasteiger charge is -2.18. The zero-order valence-electron chi connectivity index (χ0n) is 12.7. The molecule has 3 nitrogen and oxygen atoms in total. The van der Waals surface area contributed by atoms with Gasteiger partial charge in [0.25, 0.3) is 0 Å². The van der Waals surface area contributed by atoms with Crippen molar-refractivity contribution in [2.24, 2.45) is 5.41 Å². The van der Waals surface area contributed by atoms with Crippen molar-refractivity contribution in [3.05, 3.63) is 28.2 Å². The Morgan fingerprint density at radius 2 is 2.24 bits per heavy atom. The molecule has 21 heavy (non-hydrogen) atoms. The lowest BCUT2D eigenvalue weighted by molar-refractivity contribution is -0.141. The van der Waals surface area contributed by atoms with E-state index < -0.39 is 0 Å². The summed E-state index contributed by atoms with van der Waals surface area (Å²) in [5.41, 5.74) is 1.45. The summed E-state index contributed by atoms with van der Waals surface area (Å²) in [6.45, 7) is 2.16. The minimum atomic E-state index is -0.0901. The maximum absolute atomic E-state index is 11.5. The third-order valence-corrected chi connectivity index (χ3v) is 6.04. The highest BCUT2D eigenvalue weighted by Crippen LogP contribution is 2.52. The molecule has 1 aliphatic rings. The van der Waals surface area contributed by atoms with Crippen molar-refractivity contribution in [2.75, 3.05) is 19.9 Å². The van der Waals surface area contributed by atoms with Crippen molar-refractivity contribution in [3.8, 4) is 0 Å². The minimum Gasteiger partial charge on any atom is -0.469 e. The van der Waals surface area contributed by atoms with E-state index >= 15 is 0 Å². The molecular weight excluding hydrogens is 350 g/mol. The quantitative estimate of drug-likeness (QED) is 0.576. The standard InChI is InChI=1S/C16H22BrNO2S/c1-11(18-2)13-8-12(17)4-5-14(13)21-10-16(6-7-16)9-15(19)20-3/h4-5,8,11,18H,6-7,9-10H2,1-3H3. The first-order chi connectivity index (χ1) is 9.99. The summed E-state index contributed by atoms with van der Waals surface area (Å²) in [6.07, 6.45) is 2.80. The second-order valence-corrected chi connectivity index (χ2v) is 7.67. The zero-order valence-corrected chi connectivity index (χ0v) is 15.1. The Morgan fingerprint density at radius 1 is 1.52 bits per heavy atom. The molecule has 0 aliphatic heterocycles. The molecule has 1 aromatic carbocycles. The van der Waals surface area contributed by atoms with Crippen LogP contribution in [0.1, 0.15) is 37.8 Å². The van der Waals surface area contributed by atoms with E-state index in [0.717, 1.165) is 23.1 Å². The summed E-state index contributed by atoms with van der Waals surface area (Å²) in [5, 5.41) is 3.29. The van der Waals surface area contributed by atoms with Crippen molar-refractivity contribution >= 4 is 33.7 Å². The predicted octanol–water partition coefficient (Wildman–Crippen LogP) is 4.16. The van der Waals surface area contributed by atoms with Crippen LogP contribution in [0.15, 0.2) is 27.6 Å².